The summed E-state index contributed by atoms with van der Waals surface area (Å²) in [7, 11) is 5.96. The summed E-state index contributed by atoms with van der Waals surface area (Å²) in [5.74, 6) is -2.05. The molecule has 0 aliphatic carbocycles. The molecule has 512 valence electrons. The maximum atomic E-state index is 12.9. The van der Waals surface area contributed by atoms with Crippen LogP contribution in [0.3, 0.4) is 0 Å². The molecule has 0 bridgehead atoms. The average Bonchev–Trinajstić information content (AvgIpc) is 3.46. The van der Waals surface area contributed by atoms with E-state index in [1.165, 1.54) is 83.5 Å². The van der Waals surface area contributed by atoms with Gasteiger partial charge in [-0.15, -0.1) is 0 Å². The van der Waals surface area contributed by atoms with Crippen LogP contribution in [0, 0.1) is 0 Å². The fraction of sp³-hybridized carbons (Fsp3) is 0.598. The van der Waals surface area contributed by atoms with Crippen molar-refractivity contribution in [2.75, 3.05) is 47.5 Å². The molecule has 0 aliphatic heterocycles. The topological polar surface area (TPSA) is 108 Å². The summed E-state index contributed by atoms with van der Waals surface area (Å²) in [6.07, 6.45) is 104. The molecule has 9 nitrogen and oxygen atoms in total. The number of aliphatic carboxylic acids is 1. The van der Waals surface area contributed by atoms with Gasteiger partial charge in [-0.05, 0) is 135 Å². The van der Waals surface area contributed by atoms with Crippen LogP contribution in [0.5, 0.6) is 0 Å². The van der Waals surface area contributed by atoms with Crippen LogP contribution in [0.4, 0.5) is 0 Å². The smallest absolute Gasteiger partial charge is 0.361 e. The van der Waals surface area contributed by atoms with Crippen molar-refractivity contribution in [2.45, 2.75) is 270 Å². The second-order valence-corrected chi connectivity index (χ2v) is 24.4. The largest absolute Gasteiger partial charge is 0.477 e. The van der Waals surface area contributed by atoms with Crippen molar-refractivity contribution in [3.63, 3.8) is 0 Å². The number of carbonyl (C=O) groups is 3. The number of esters is 2. The molecule has 2 atom stereocenters. The van der Waals surface area contributed by atoms with Gasteiger partial charge in [0.15, 0.2) is 6.10 Å². The summed E-state index contributed by atoms with van der Waals surface area (Å²) in [6, 6.07) is 0. The van der Waals surface area contributed by atoms with Gasteiger partial charge in [-0.3, -0.25) is 9.59 Å². The van der Waals surface area contributed by atoms with Gasteiger partial charge in [-0.2, -0.15) is 0 Å². The number of likely N-dealkylation sites (N-methyl/N-ethyl adjacent to an activating group) is 1. The first-order valence-electron chi connectivity index (χ1n) is 35.9. The zero-order valence-corrected chi connectivity index (χ0v) is 58.4. The lowest BCUT2D eigenvalue weighted by Gasteiger charge is -2.25. The van der Waals surface area contributed by atoms with Gasteiger partial charge < -0.3 is 28.5 Å². The third-order valence-electron chi connectivity index (χ3n) is 14.7. The van der Waals surface area contributed by atoms with E-state index in [0.29, 0.717) is 17.4 Å². The normalized spacial score (nSPS) is 13.8. The van der Waals surface area contributed by atoms with E-state index in [1.54, 1.807) is 0 Å². The molecule has 0 saturated heterocycles. The molecule has 0 rings (SSSR count). The van der Waals surface area contributed by atoms with E-state index in [9.17, 15) is 19.5 Å². The highest BCUT2D eigenvalue weighted by molar-refractivity contribution is 5.71. The van der Waals surface area contributed by atoms with Crippen LogP contribution in [0.1, 0.15) is 258 Å². The monoisotopic (exact) mass is 1260 g/mol. The first-order chi connectivity index (χ1) is 44.6. The Balaban J connectivity index is 4.23. The number of allylic oxidation sites excluding steroid dienone is 30. The van der Waals surface area contributed by atoms with Crippen molar-refractivity contribution in [3.8, 4) is 0 Å². The molecule has 2 unspecified atom stereocenters. The van der Waals surface area contributed by atoms with Gasteiger partial charge in [0.2, 0.25) is 0 Å². The molecular weight excluding hydrogens is 1130 g/mol. The number of ether oxygens (including phenoxy) is 4. The fourth-order valence-corrected chi connectivity index (χ4v) is 9.25. The number of nitrogens with zero attached hydrogens (tertiary/aromatic N) is 1. The molecule has 9 heteroatoms. The van der Waals surface area contributed by atoms with E-state index in [1.807, 2.05) is 21.1 Å². The van der Waals surface area contributed by atoms with Crippen molar-refractivity contribution < 1.29 is 42.9 Å². The number of carboxylic acid groups (broad SMARTS) is 1. The summed E-state index contributed by atoms with van der Waals surface area (Å²) in [5, 5.41) is 9.75. The van der Waals surface area contributed by atoms with Crippen molar-refractivity contribution in [1.29, 1.82) is 0 Å². The Labute approximate surface area is 558 Å². The maximum Gasteiger partial charge on any atom is 0.361 e. The molecule has 0 aromatic carbocycles. The van der Waals surface area contributed by atoms with Crippen LogP contribution < -0.4 is 0 Å². The summed E-state index contributed by atoms with van der Waals surface area (Å²) in [6.45, 7) is 4.61. The Bertz CT molecular complexity index is 2150. The number of carbonyl (C=O) groups excluding carboxylic acids is 2. The van der Waals surface area contributed by atoms with Gasteiger partial charge >= 0.3 is 17.9 Å². The standard InChI is InChI=1S/C82H131NO8/c1-6-8-10-12-14-16-18-20-22-24-26-28-30-32-34-36-38-39-40-41-43-45-47-49-51-53-55-57-59-61-63-65-67-69-71-73-80(85)91-78(77-90-82(81(86)87)88-75-74-83(3,4)5)76-89-79(84)72-70-68-66-64-62-60-58-56-54-52-50-48-46-44-42-37-35-33-31-29-27-25-23-21-19-17-15-13-11-9-7-2/h8-11,14-17,20-23,26-29,32-35,38-39,41,43,47,49,53,55,59,61,78,82H,6-7,12-13,18-19,24-25,30-31,36-37,40,42,44-46,48,50-52,54,56-58,60,62-77H2,1-5H3/p+1/b10-8-,11-9-,16-14-,17-15-,22-20-,23-21-,28-26-,29-27-,34-32-,35-33-,39-38-,43-41-,49-47-,55-53-,61-59-. The number of hydrogen-bond acceptors (Lipinski definition) is 7. The molecule has 0 radical (unpaired) electrons. The van der Waals surface area contributed by atoms with Gasteiger partial charge in [0, 0.05) is 12.8 Å². The minimum atomic E-state index is -1.53. The molecule has 0 spiro atoms. The molecule has 0 aromatic rings. The third kappa shape index (κ3) is 71.7. The number of rotatable bonds is 64. The van der Waals surface area contributed by atoms with Crippen molar-refractivity contribution in [3.05, 3.63) is 182 Å². The number of hydrogen-bond donors (Lipinski definition) is 1. The SMILES string of the molecule is CC/C=C\C/C=C\C/C=C\C/C=C\C/C=C\C/C=C\C/C=C\C/C=C\C/C=C\C/C=C\CCCCCCC(=O)OC(COC(=O)CCCCCCCCCCCCCCCCC/C=C\C/C=C\C/C=C\C/C=C\C/C=C\CC)COC(OCC[N+](C)(C)C)C(=O)O. The number of unbranched alkanes of at least 4 members (excludes halogenated alkanes) is 19. The lowest BCUT2D eigenvalue weighted by Crippen LogP contribution is -2.40. The Morgan fingerprint density at radius 1 is 0.330 bits per heavy atom. The maximum absolute atomic E-state index is 12.9. The molecule has 0 fully saturated rings. The molecule has 91 heavy (non-hydrogen) atoms. The predicted molar refractivity (Wildman–Crippen MR) is 391 cm³/mol. The molecule has 0 heterocycles. The van der Waals surface area contributed by atoms with E-state index in [4.69, 9.17) is 18.9 Å². The minimum absolute atomic E-state index is 0.173. The molecule has 0 saturated carbocycles. The summed E-state index contributed by atoms with van der Waals surface area (Å²) in [4.78, 5) is 37.7. The summed E-state index contributed by atoms with van der Waals surface area (Å²) >= 11 is 0. The Kier molecular flexibility index (Phi) is 65.9. The molecular formula is C82H132NO8+. The quantitative estimate of drug-likeness (QED) is 0.0211. The third-order valence-corrected chi connectivity index (χ3v) is 14.7. The van der Waals surface area contributed by atoms with E-state index < -0.39 is 24.3 Å². The highest BCUT2D eigenvalue weighted by atomic mass is 16.7. The van der Waals surface area contributed by atoms with Crippen LogP contribution in [0.25, 0.3) is 0 Å². The zero-order valence-electron chi connectivity index (χ0n) is 58.4. The molecule has 1 N–H and O–H groups in total. The summed E-state index contributed by atoms with van der Waals surface area (Å²) < 4.78 is 22.9. The van der Waals surface area contributed by atoms with Gasteiger partial charge in [-0.1, -0.05) is 292 Å². The Morgan fingerprint density at radius 3 is 0.879 bits per heavy atom. The highest BCUT2D eigenvalue weighted by Crippen LogP contribution is 2.16. The van der Waals surface area contributed by atoms with Gasteiger partial charge in [0.1, 0.15) is 13.2 Å². The van der Waals surface area contributed by atoms with Gasteiger partial charge in [0.05, 0.1) is 34.4 Å². The first kappa shape index (κ1) is 85.4. The lowest BCUT2D eigenvalue weighted by molar-refractivity contribution is -0.870. The van der Waals surface area contributed by atoms with Crippen LogP contribution in [0.15, 0.2) is 182 Å². The van der Waals surface area contributed by atoms with Crippen LogP contribution in [0.2, 0.25) is 0 Å². The molecule has 0 amide bonds. The van der Waals surface area contributed by atoms with Gasteiger partial charge in [-0.25, -0.2) is 4.79 Å². The van der Waals surface area contributed by atoms with Gasteiger partial charge in [0.25, 0.3) is 6.29 Å². The molecule has 0 aromatic heterocycles. The number of quaternary nitrogens is 1. The van der Waals surface area contributed by atoms with Crippen LogP contribution in [-0.2, 0) is 33.3 Å². The number of carboxylic acids is 1. The lowest BCUT2D eigenvalue weighted by atomic mass is 10.0. The first-order valence-corrected chi connectivity index (χ1v) is 35.9. The van der Waals surface area contributed by atoms with E-state index >= 15 is 0 Å². The van der Waals surface area contributed by atoms with E-state index in [2.05, 4.69) is 196 Å². The molecule has 0 aliphatic rings. The second kappa shape index (κ2) is 70.3. The van der Waals surface area contributed by atoms with E-state index in [-0.39, 0.29) is 38.6 Å². The summed E-state index contributed by atoms with van der Waals surface area (Å²) in [5.41, 5.74) is 0. The van der Waals surface area contributed by atoms with Crippen molar-refractivity contribution in [1.82, 2.24) is 0 Å². The zero-order chi connectivity index (χ0) is 66.1. The second-order valence-electron chi connectivity index (χ2n) is 24.4. The van der Waals surface area contributed by atoms with Crippen molar-refractivity contribution in [2.24, 2.45) is 0 Å². The Morgan fingerprint density at radius 2 is 0.593 bits per heavy atom. The van der Waals surface area contributed by atoms with E-state index in [0.717, 1.165) is 141 Å². The van der Waals surface area contributed by atoms with Crippen molar-refractivity contribution >= 4 is 17.9 Å². The Hall–Kier alpha value is -5.61. The highest BCUT2D eigenvalue weighted by Gasteiger charge is 2.25. The average molecular weight is 1260 g/mol. The van der Waals surface area contributed by atoms with Crippen LogP contribution >= 0.6 is 0 Å². The minimum Gasteiger partial charge on any atom is -0.477 e. The van der Waals surface area contributed by atoms with Crippen LogP contribution in [-0.4, -0.2) is 87.4 Å². The fourth-order valence-electron chi connectivity index (χ4n) is 9.25. The predicted octanol–water partition coefficient (Wildman–Crippen LogP) is 22.8.